The number of para-hydroxylation sites is 1. The first-order valence-electron chi connectivity index (χ1n) is 6.29. The summed E-state index contributed by atoms with van der Waals surface area (Å²) in [6, 6.07) is 14.9. The van der Waals surface area contributed by atoms with Gasteiger partial charge in [0.15, 0.2) is 0 Å². The smallest absolute Gasteiger partial charge is 0.103 e. The van der Waals surface area contributed by atoms with Gasteiger partial charge < -0.3 is 11.1 Å². The number of nitrogens with one attached hydrogen (secondary N) is 1. The second kappa shape index (κ2) is 5.31. The highest BCUT2D eigenvalue weighted by atomic mass is 35.5. The zero-order valence-corrected chi connectivity index (χ0v) is 11.7. The number of halogens is 1. The number of pyridine rings is 1. The van der Waals surface area contributed by atoms with Crippen molar-refractivity contribution in [1.82, 2.24) is 4.98 Å². The van der Waals surface area contributed by atoms with Gasteiger partial charge in [-0.2, -0.15) is 5.26 Å². The van der Waals surface area contributed by atoms with Crippen LogP contribution in [-0.4, -0.2) is 4.98 Å². The number of nitrogens with two attached hydrogens (primary N) is 1. The van der Waals surface area contributed by atoms with E-state index in [2.05, 4.69) is 16.4 Å². The Bertz CT molecular complexity index is 868. The normalized spacial score (nSPS) is 10.3. The van der Waals surface area contributed by atoms with Crippen LogP contribution in [0.15, 0.2) is 48.7 Å². The van der Waals surface area contributed by atoms with Crippen molar-refractivity contribution in [2.45, 2.75) is 0 Å². The van der Waals surface area contributed by atoms with Crippen LogP contribution in [0.25, 0.3) is 10.9 Å². The molecular weight excluding hydrogens is 284 g/mol. The number of hydrogen-bond acceptors (Lipinski definition) is 4. The summed E-state index contributed by atoms with van der Waals surface area (Å²) in [6.45, 7) is 0. The van der Waals surface area contributed by atoms with Crippen molar-refractivity contribution in [3.8, 4) is 6.07 Å². The van der Waals surface area contributed by atoms with Gasteiger partial charge in [0.2, 0.25) is 0 Å². The highest BCUT2D eigenvalue weighted by Crippen LogP contribution is 2.32. The number of nitrogens with zero attached hydrogens (tertiary/aromatic N) is 2. The molecule has 0 saturated carbocycles. The Balaban J connectivity index is 2.19. The number of nitriles is 1. The predicted molar refractivity (Wildman–Crippen MR) is 85.6 cm³/mol. The Morgan fingerprint density at radius 2 is 2.00 bits per heavy atom. The van der Waals surface area contributed by atoms with Crippen molar-refractivity contribution in [1.29, 1.82) is 5.26 Å². The largest absolute Gasteiger partial charge is 0.399 e. The molecular formula is C16H11ClN4. The molecule has 1 aromatic heterocycles. The number of aromatic nitrogens is 1. The molecule has 102 valence electrons. The number of rotatable bonds is 2. The second-order valence-electron chi connectivity index (χ2n) is 4.54. The minimum absolute atomic E-state index is 0.451. The lowest BCUT2D eigenvalue weighted by atomic mass is 10.1. The minimum atomic E-state index is 0.451. The van der Waals surface area contributed by atoms with Crippen LogP contribution in [-0.2, 0) is 0 Å². The molecule has 4 nitrogen and oxygen atoms in total. The van der Waals surface area contributed by atoms with Gasteiger partial charge in [-0.1, -0.05) is 29.8 Å². The van der Waals surface area contributed by atoms with Gasteiger partial charge in [0.1, 0.15) is 6.07 Å². The first kappa shape index (κ1) is 13.2. The number of hydrogen-bond donors (Lipinski definition) is 2. The summed E-state index contributed by atoms with van der Waals surface area (Å²) in [5, 5.41) is 13.9. The average molecular weight is 295 g/mol. The van der Waals surface area contributed by atoms with Gasteiger partial charge in [0.25, 0.3) is 0 Å². The summed E-state index contributed by atoms with van der Waals surface area (Å²) in [7, 11) is 0. The lowest BCUT2D eigenvalue weighted by Crippen LogP contribution is -1.98. The molecule has 0 amide bonds. The Morgan fingerprint density at radius 3 is 2.81 bits per heavy atom. The van der Waals surface area contributed by atoms with Crippen LogP contribution in [0.4, 0.5) is 17.1 Å². The molecule has 0 fully saturated rings. The minimum Gasteiger partial charge on any atom is -0.399 e. The molecule has 0 aliphatic rings. The fourth-order valence-corrected chi connectivity index (χ4v) is 2.30. The second-order valence-corrected chi connectivity index (χ2v) is 4.95. The third-order valence-corrected chi connectivity index (χ3v) is 3.48. The summed E-state index contributed by atoms with van der Waals surface area (Å²) in [4.78, 5) is 4.27. The molecule has 2 aromatic carbocycles. The van der Waals surface area contributed by atoms with Crippen molar-refractivity contribution in [3.05, 3.63) is 59.2 Å². The number of fused-ring (bicyclic) bond motifs is 1. The standard InChI is InChI=1S/C16H11ClN4/c17-13-6-5-11(19)7-15(13)21-16-10(8-18)9-20-14-4-2-1-3-12(14)16/h1-7,9H,19H2,(H,20,21). The van der Waals surface area contributed by atoms with Crippen molar-refractivity contribution in [2.24, 2.45) is 0 Å². The zero-order chi connectivity index (χ0) is 14.8. The van der Waals surface area contributed by atoms with E-state index in [4.69, 9.17) is 17.3 Å². The molecule has 0 atom stereocenters. The van der Waals surface area contributed by atoms with Crippen molar-refractivity contribution in [2.75, 3.05) is 11.1 Å². The molecule has 0 spiro atoms. The first-order chi connectivity index (χ1) is 10.2. The van der Waals surface area contributed by atoms with Crippen LogP contribution >= 0.6 is 11.6 Å². The summed E-state index contributed by atoms with van der Waals surface area (Å²) in [6.07, 6.45) is 1.55. The molecule has 0 saturated heterocycles. The Morgan fingerprint density at radius 1 is 1.19 bits per heavy atom. The monoisotopic (exact) mass is 294 g/mol. The Kier molecular flexibility index (Phi) is 3.35. The zero-order valence-electron chi connectivity index (χ0n) is 11.0. The van der Waals surface area contributed by atoms with E-state index in [0.717, 1.165) is 10.9 Å². The van der Waals surface area contributed by atoms with Crippen LogP contribution in [0.2, 0.25) is 5.02 Å². The molecule has 0 unspecified atom stereocenters. The van der Waals surface area contributed by atoms with Crippen LogP contribution in [0.3, 0.4) is 0 Å². The van der Waals surface area contributed by atoms with E-state index in [9.17, 15) is 5.26 Å². The molecule has 0 aliphatic heterocycles. The van der Waals surface area contributed by atoms with E-state index in [1.807, 2.05) is 24.3 Å². The molecule has 3 aromatic rings. The lowest BCUT2D eigenvalue weighted by molar-refractivity contribution is 1.36. The van der Waals surface area contributed by atoms with Gasteiger partial charge in [-0.3, -0.25) is 4.98 Å². The Labute approximate surface area is 126 Å². The fraction of sp³-hybridized carbons (Fsp3) is 0. The highest BCUT2D eigenvalue weighted by Gasteiger charge is 2.10. The van der Waals surface area contributed by atoms with Crippen molar-refractivity contribution in [3.63, 3.8) is 0 Å². The van der Waals surface area contributed by atoms with E-state index in [1.54, 1.807) is 24.4 Å². The molecule has 21 heavy (non-hydrogen) atoms. The van der Waals surface area contributed by atoms with E-state index in [-0.39, 0.29) is 0 Å². The SMILES string of the molecule is N#Cc1cnc2ccccc2c1Nc1cc(N)ccc1Cl. The van der Waals surface area contributed by atoms with Crippen LogP contribution in [0, 0.1) is 11.3 Å². The molecule has 3 N–H and O–H groups in total. The van der Waals surface area contributed by atoms with Crippen molar-refractivity contribution >= 4 is 39.6 Å². The maximum Gasteiger partial charge on any atom is 0.103 e. The maximum absolute atomic E-state index is 9.29. The van der Waals surface area contributed by atoms with Crippen molar-refractivity contribution < 1.29 is 0 Å². The summed E-state index contributed by atoms with van der Waals surface area (Å²) in [5.41, 5.74) is 8.97. The lowest BCUT2D eigenvalue weighted by Gasteiger charge is -2.13. The van der Waals surface area contributed by atoms with Gasteiger partial charge in [0.05, 0.1) is 27.5 Å². The number of nitrogen functional groups attached to an aromatic ring is 1. The summed E-state index contributed by atoms with van der Waals surface area (Å²) < 4.78 is 0. The molecule has 0 aliphatic carbocycles. The third-order valence-electron chi connectivity index (χ3n) is 3.15. The molecule has 3 rings (SSSR count). The average Bonchev–Trinajstić information content (AvgIpc) is 2.51. The molecule has 0 radical (unpaired) electrons. The number of benzene rings is 2. The summed E-state index contributed by atoms with van der Waals surface area (Å²) >= 11 is 6.18. The van der Waals surface area contributed by atoms with Gasteiger partial charge in [-0.25, -0.2) is 0 Å². The van der Waals surface area contributed by atoms with Gasteiger partial charge in [-0.15, -0.1) is 0 Å². The molecule has 5 heteroatoms. The maximum atomic E-state index is 9.29. The first-order valence-corrected chi connectivity index (χ1v) is 6.67. The highest BCUT2D eigenvalue weighted by molar-refractivity contribution is 6.33. The van der Waals surface area contributed by atoms with Gasteiger partial charge in [0, 0.05) is 17.3 Å². The summed E-state index contributed by atoms with van der Waals surface area (Å²) in [5.74, 6) is 0. The Hall–Kier alpha value is -2.77. The topological polar surface area (TPSA) is 74.7 Å². The van der Waals surface area contributed by atoms with E-state index in [1.165, 1.54) is 0 Å². The van der Waals surface area contributed by atoms with Crippen LogP contribution < -0.4 is 11.1 Å². The molecule has 0 bridgehead atoms. The van der Waals surface area contributed by atoms with E-state index < -0.39 is 0 Å². The van der Waals surface area contributed by atoms with E-state index >= 15 is 0 Å². The van der Waals surface area contributed by atoms with Gasteiger partial charge >= 0.3 is 0 Å². The molecule has 1 heterocycles. The third kappa shape index (κ3) is 2.47. The van der Waals surface area contributed by atoms with E-state index in [0.29, 0.717) is 27.6 Å². The van der Waals surface area contributed by atoms with Crippen LogP contribution in [0.5, 0.6) is 0 Å². The number of anilines is 3. The van der Waals surface area contributed by atoms with Crippen LogP contribution in [0.1, 0.15) is 5.56 Å². The van der Waals surface area contributed by atoms with Gasteiger partial charge in [-0.05, 0) is 24.3 Å². The predicted octanol–water partition coefficient (Wildman–Crippen LogP) is 4.09. The fourth-order valence-electron chi connectivity index (χ4n) is 2.13. The quantitative estimate of drug-likeness (QED) is 0.698.